The van der Waals surface area contributed by atoms with Crippen LogP contribution < -0.4 is 0 Å². The number of terminal acetylenes is 1. The Morgan fingerprint density at radius 1 is 1.58 bits per heavy atom. The lowest BCUT2D eigenvalue weighted by molar-refractivity contribution is -0.147. The highest BCUT2D eigenvalue weighted by Crippen LogP contribution is 2.12. The molecule has 0 radical (unpaired) electrons. The lowest BCUT2D eigenvalue weighted by atomic mass is 10.0. The summed E-state index contributed by atoms with van der Waals surface area (Å²) in [6, 6.07) is 0. The molecule has 68 valence electrons. The number of carbonyl (C=O) groups excluding carboxylic acids is 1. The minimum atomic E-state index is -0.155. The van der Waals surface area contributed by atoms with E-state index in [1.54, 1.807) is 0 Å². The van der Waals surface area contributed by atoms with Gasteiger partial charge in [-0.25, -0.2) is 0 Å². The first-order valence-electron chi connectivity index (χ1n) is 4.36. The molecule has 0 aliphatic heterocycles. The molecule has 12 heavy (non-hydrogen) atoms. The molecular weight excluding hydrogens is 152 g/mol. The van der Waals surface area contributed by atoms with Gasteiger partial charge in [-0.3, -0.25) is 4.79 Å². The summed E-state index contributed by atoms with van der Waals surface area (Å²) >= 11 is 0. The van der Waals surface area contributed by atoms with Crippen LogP contribution in [0.3, 0.4) is 0 Å². The standard InChI is InChI=1S/C10H16O2/c1-4-7-9(6-3)10(11)12-8-5-2/h2,9H,4,6-8H2,1,3H3. The Morgan fingerprint density at radius 3 is 2.67 bits per heavy atom. The molecule has 0 aromatic rings. The second kappa shape index (κ2) is 6.72. The fourth-order valence-corrected chi connectivity index (χ4v) is 1.07. The first kappa shape index (κ1) is 11.0. The maximum absolute atomic E-state index is 11.2. The van der Waals surface area contributed by atoms with Crippen LogP contribution in [0.1, 0.15) is 33.1 Å². The topological polar surface area (TPSA) is 26.3 Å². The minimum Gasteiger partial charge on any atom is -0.452 e. The summed E-state index contributed by atoms with van der Waals surface area (Å²) < 4.78 is 4.82. The summed E-state index contributed by atoms with van der Waals surface area (Å²) in [7, 11) is 0. The molecule has 0 aromatic carbocycles. The first-order chi connectivity index (χ1) is 5.76. The lowest BCUT2D eigenvalue weighted by Gasteiger charge is -2.10. The molecule has 0 rings (SSSR count). The average molecular weight is 168 g/mol. The van der Waals surface area contributed by atoms with Crippen molar-refractivity contribution in [3.05, 3.63) is 0 Å². The van der Waals surface area contributed by atoms with Gasteiger partial charge in [0.2, 0.25) is 0 Å². The summed E-state index contributed by atoms with van der Waals surface area (Å²) in [5, 5.41) is 0. The lowest BCUT2D eigenvalue weighted by Crippen LogP contribution is -2.17. The van der Waals surface area contributed by atoms with Crippen molar-refractivity contribution < 1.29 is 9.53 Å². The van der Waals surface area contributed by atoms with Crippen LogP contribution in [0, 0.1) is 18.3 Å². The van der Waals surface area contributed by atoms with Crippen LogP contribution in [0.4, 0.5) is 0 Å². The third-order valence-electron chi connectivity index (χ3n) is 1.76. The van der Waals surface area contributed by atoms with E-state index in [1.165, 1.54) is 0 Å². The molecule has 0 aromatic heterocycles. The van der Waals surface area contributed by atoms with Gasteiger partial charge in [-0.1, -0.05) is 26.2 Å². The van der Waals surface area contributed by atoms with Crippen molar-refractivity contribution in [1.29, 1.82) is 0 Å². The number of hydrogen-bond acceptors (Lipinski definition) is 2. The maximum atomic E-state index is 11.2. The van der Waals surface area contributed by atoms with Crippen LogP contribution in [0.15, 0.2) is 0 Å². The highest BCUT2D eigenvalue weighted by atomic mass is 16.5. The summed E-state index contributed by atoms with van der Waals surface area (Å²) in [6.07, 6.45) is 7.69. The Hall–Kier alpha value is -0.970. The average Bonchev–Trinajstić information content (AvgIpc) is 2.10. The Labute approximate surface area is 74.3 Å². The van der Waals surface area contributed by atoms with Gasteiger partial charge in [-0.15, -0.1) is 6.42 Å². The Morgan fingerprint density at radius 2 is 2.25 bits per heavy atom. The molecule has 2 nitrogen and oxygen atoms in total. The molecule has 0 aliphatic rings. The number of rotatable bonds is 5. The van der Waals surface area contributed by atoms with Crippen LogP contribution in [0.25, 0.3) is 0 Å². The van der Waals surface area contributed by atoms with Crippen molar-refractivity contribution in [3.63, 3.8) is 0 Å². The van der Waals surface area contributed by atoms with Gasteiger partial charge < -0.3 is 4.74 Å². The van der Waals surface area contributed by atoms with Gasteiger partial charge in [-0.05, 0) is 12.8 Å². The van der Waals surface area contributed by atoms with E-state index in [0.717, 1.165) is 19.3 Å². The van der Waals surface area contributed by atoms with Crippen LogP contribution in [0.2, 0.25) is 0 Å². The van der Waals surface area contributed by atoms with Crippen molar-refractivity contribution >= 4 is 5.97 Å². The number of hydrogen-bond donors (Lipinski definition) is 0. The normalized spacial score (nSPS) is 11.8. The molecule has 0 saturated heterocycles. The summed E-state index contributed by atoms with van der Waals surface area (Å²) in [5.74, 6) is 2.15. The largest absolute Gasteiger partial charge is 0.452 e. The summed E-state index contributed by atoms with van der Waals surface area (Å²) in [4.78, 5) is 11.2. The highest BCUT2D eigenvalue weighted by molar-refractivity contribution is 5.72. The van der Waals surface area contributed by atoms with Gasteiger partial charge in [0.15, 0.2) is 6.61 Å². The first-order valence-corrected chi connectivity index (χ1v) is 4.36. The highest BCUT2D eigenvalue weighted by Gasteiger charge is 2.15. The third kappa shape index (κ3) is 4.02. The van der Waals surface area contributed by atoms with Crippen molar-refractivity contribution in [2.45, 2.75) is 33.1 Å². The number of ether oxygens (including phenoxy) is 1. The molecular formula is C10H16O2. The monoisotopic (exact) mass is 168 g/mol. The maximum Gasteiger partial charge on any atom is 0.309 e. The van der Waals surface area contributed by atoms with E-state index in [9.17, 15) is 4.79 Å². The van der Waals surface area contributed by atoms with Crippen molar-refractivity contribution in [3.8, 4) is 12.3 Å². The quantitative estimate of drug-likeness (QED) is 0.463. The Bertz CT molecular complexity index is 167. The fourth-order valence-electron chi connectivity index (χ4n) is 1.07. The molecule has 0 spiro atoms. The Balaban J connectivity index is 3.78. The smallest absolute Gasteiger partial charge is 0.309 e. The molecule has 0 saturated carbocycles. The molecule has 0 bridgehead atoms. The third-order valence-corrected chi connectivity index (χ3v) is 1.76. The molecule has 1 atom stereocenters. The number of carbonyl (C=O) groups is 1. The number of esters is 1. The van der Waals surface area contributed by atoms with E-state index in [2.05, 4.69) is 12.8 Å². The molecule has 0 amide bonds. The van der Waals surface area contributed by atoms with E-state index in [1.807, 2.05) is 6.92 Å². The second-order valence-electron chi connectivity index (χ2n) is 2.71. The predicted octanol–water partition coefficient (Wildman–Crippen LogP) is 1.99. The zero-order valence-corrected chi connectivity index (χ0v) is 7.80. The van der Waals surface area contributed by atoms with E-state index in [4.69, 9.17) is 11.2 Å². The van der Waals surface area contributed by atoms with Gasteiger partial charge in [0.25, 0.3) is 0 Å². The zero-order chi connectivity index (χ0) is 9.40. The molecule has 0 N–H and O–H groups in total. The molecule has 1 unspecified atom stereocenters. The predicted molar refractivity (Wildman–Crippen MR) is 48.5 cm³/mol. The van der Waals surface area contributed by atoms with Gasteiger partial charge in [0, 0.05) is 0 Å². The van der Waals surface area contributed by atoms with E-state index in [0.29, 0.717) is 0 Å². The van der Waals surface area contributed by atoms with Crippen LogP contribution in [0.5, 0.6) is 0 Å². The van der Waals surface area contributed by atoms with Crippen LogP contribution in [-0.4, -0.2) is 12.6 Å². The van der Waals surface area contributed by atoms with Gasteiger partial charge in [0.1, 0.15) is 0 Å². The molecule has 2 heteroatoms. The summed E-state index contributed by atoms with van der Waals surface area (Å²) in [5.41, 5.74) is 0. The van der Waals surface area contributed by atoms with Gasteiger partial charge in [-0.2, -0.15) is 0 Å². The van der Waals surface area contributed by atoms with Crippen molar-refractivity contribution in [2.75, 3.05) is 6.61 Å². The summed E-state index contributed by atoms with van der Waals surface area (Å²) in [6.45, 7) is 4.13. The molecule has 0 heterocycles. The van der Waals surface area contributed by atoms with Crippen LogP contribution >= 0.6 is 0 Å². The van der Waals surface area contributed by atoms with Crippen LogP contribution in [-0.2, 0) is 9.53 Å². The van der Waals surface area contributed by atoms with Crippen molar-refractivity contribution in [1.82, 2.24) is 0 Å². The van der Waals surface area contributed by atoms with E-state index in [-0.39, 0.29) is 18.5 Å². The van der Waals surface area contributed by atoms with Gasteiger partial charge >= 0.3 is 5.97 Å². The van der Waals surface area contributed by atoms with E-state index < -0.39 is 0 Å². The van der Waals surface area contributed by atoms with Crippen molar-refractivity contribution in [2.24, 2.45) is 5.92 Å². The second-order valence-corrected chi connectivity index (χ2v) is 2.71. The van der Waals surface area contributed by atoms with Gasteiger partial charge in [0.05, 0.1) is 5.92 Å². The zero-order valence-electron chi connectivity index (χ0n) is 7.80. The molecule has 0 aliphatic carbocycles. The molecule has 0 fully saturated rings. The SMILES string of the molecule is C#CCOC(=O)C(CC)CCC. The van der Waals surface area contributed by atoms with E-state index >= 15 is 0 Å². The minimum absolute atomic E-state index is 0.0309. The fraction of sp³-hybridized carbons (Fsp3) is 0.700. The Kier molecular flexibility index (Phi) is 6.18.